The van der Waals surface area contributed by atoms with Crippen LogP contribution in [0.4, 0.5) is 0 Å². The number of aromatic hydroxyl groups is 1. The fourth-order valence-electron chi connectivity index (χ4n) is 4.05. The highest BCUT2D eigenvalue weighted by atomic mass is 16.5. The van der Waals surface area contributed by atoms with Crippen LogP contribution in [0.25, 0.3) is 0 Å². The number of rotatable bonds is 10. The van der Waals surface area contributed by atoms with E-state index in [9.17, 15) is 9.90 Å². The van der Waals surface area contributed by atoms with Gasteiger partial charge in [0.05, 0.1) is 20.8 Å². The van der Waals surface area contributed by atoms with Crippen LogP contribution in [0.5, 0.6) is 23.0 Å². The molecule has 1 aliphatic heterocycles. The molecule has 1 aliphatic rings. The second-order valence-electron chi connectivity index (χ2n) is 8.02. The Morgan fingerprint density at radius 3 is 2.41 bits per heavy atom. The molecular formula is C25H34N2O5. The molecule has 2 aromatic rings. The van der Waals surface area contributed by atoms with Gasteiger partial charge in [-0.1, -0.05) is 12.1 Å². The van der Waals surface area contributed by atoms with Gasteiger partial charge in [-0.05, 0) is 74.7 Å². The molecule has 7 nitrogen and oxygen atoms in total. The van der Waals surface area contributed by atoms with Crippen molar-refractivity contribution in [3.8, 4) is 23.0 Å². The third-order valence-corrected chi connectivity index (χ3v) is 5.85. The summed E-state index contributed by atoms with van der Waals surface area (Å²) >= 11 is 0. The summed E-state index contributed by atoms with van der Waals surface area (Å²) in [5.74, 6) is 2.27. The number of methoxy groups -OCH3 is 2. The van der Waals surface area contributed by atoms with Crippen molar-refractivity contribution in [3.63, 3.8) is 0 Å². The van der Waals surface area contributed by atoms with Crippen LogP contribution >= 0.6 is 0 Å². The van der Waals surface area contributed by atoms with Crippen molar-refractivity contribution in [1.82, 2.24) is 10.2 Å². The first kappa shape index (κ1) is 23.7. The molecule has 7 heteroatoms. The third-order valence-electron chi connectivity index (χ3n) is 5.85. The fraction of sp³-hybridized carbons (Fsp3) is 0.480. The number of amides is 1. The summed E-state index contributed by atoms with van der Waals surface area (Å²) in [6, 6.07) is 11.3. The number of likely N-dealkylation sites (tertiary alicyclic amines) is 1. The van der Waals surface area contributed by atoms with Crippen LogP contribution < -0.4 is 19.5 Å². The SMILES string of the molecule is CCOc1cc(CN2CCC(C(=O)NCCc3ccc(OC)c(OC)c3)CC2)ccc1O. The monoisotopic (exact) mass is 442 g/mol. The van der Waals surface area contributed by atoms with Gasteiger partial charge in [0.1, 0.15) is 0 Å². The number of carbonyl (C=O) groups excluding carboxylic acids is 1. The predicted octanol–water partition coefficient (Wildman–Crippen LogP) is 3.38. The molecule has 2 aromatic carbocycles. The average molecular weight is 443 g/mol. The number of phenolic OH excluding ortho intramolecular Hbond substituents is 1. The normalized spacial score (nSPS) is 14.7. The Morgan fingerprint density at radius 1 is 1.03 bits per heavy atom. The number of ether oxygens (including phenoxy) is 3. The number of nitrogens with one attached hydrogen (secondary N) is 1. The molecule has 3 rings (SSSR count). The maximum atomic E-state index is 12.6. The van der Waals surface area contributed by atoms with E-state index in [2.05, 4.69) is 10.2 Å². The molecule has 1 saturated heterocycles. The summed E-state index contributed by atoms with van der Waals surface area (Å²) in [6.07, 6.45) is 2.44. The highest BCUT2D eigenvalue weighted by Gasteiger charge is 2.25. The van der Waals surface area contributed by atoms with Crippen LogP contribution in [-0.4, -0.2) is 56.4 Å². The zero-order valence-electron chi connectivity index (χ0n) is 19.2. The predicted molar refractivity (Wildman–Crippen MR) is 124 cm³/mol. The van der Waals surface area contributed by atoms with Crippen LogP contribution in [0.15, 0.2) is 36.4 Å². The zero-order chi connectivity index (χ0) is 22.9. The van der Waals surface area contributed by atoms with Crippen LogP contribution in [0.3, 0.4) is 0 Å². The van der Waals surface area contributed by atoms with Crippen molar-refractivity contribution in [2.45, 2.75) is 32.7 Å². The molecule has 0 radical (unpaired) electrons. The average Bonchev–Trinajstić information content (AvgIpc) is 2.81. The van der Waals surface area contributed by atoms with Crippen molar-refractivity contribution in [2.75, 3.05) is 40.5 Å². The Balaban J connectivity index is 1.42. The minimum atomic E-state index is 0.0513. The molecule has 32 heavy (non-hydrogen) atoms. The molecule has 0 spiro atoms. The fourth-order valence-corrected chi connectivity index (χ4v) is 4.05. The lowest BCUT2D eigenvalue weighted by Gasteiger charge is -2.31. The van der Waals surface area contributed by atoms with Crippen molar-refractivity contribution < 1.29 is 24.1 Å². The van der Waals surface area contributed by atoms with E-state index in [4.69, 9.17) is 14.2 Å². The van der Waals surface area contributed by atoms with E-state index >= 15 is 0 Å². The van der Waals surface area contributed by atoms with E-state index in [-0.39, 0.29) is 17.6 Å². The van der Waals surface area contributed by atoms with E-state index in [1.165, 1.54) is 0 Å². The highest BCUT2D eigenvalue weighted by Crippen LogP contribution is 2.29. The van der Waals surface area contributed by atoms with E-state index in [0.29, 0.717) is 30.4 Å². The molecule has 0 aliphatic carbocycles. The van der Waals surface area contributed by atoms with E-state index in [1.807, 2.05) is 37.3 Å². The first-order valence-corrected chi connectivity index (χ1v) is 11.2. The lowest BCUT2D eigenvalue weighted by atomic mass is 9.95. The van der Waals surface area contributed by atoms with E-state index < -0.39 is 0 Å². The summed E-state index contributed by atoms with van der Waals surface area (Å²) in [4.78, 5) is 15.0. The van der Waals surface area contributed by atoms with Gasteiger partial charge in [-0.3, -0.25) is 9.69 Å². The maximum Gasteiger partial charge on any atom is 0.223 e. The van der Waals surface area contributed by atoms with Gasteiger partial charge in [-0.2, -0.15) is 0 Å². The summed E-state index contributed by atoms with van der Waals surface area (Å²) in [6.45, 7) is 5.55. The molecule has 0 aromatic heterocycles. The largest absolute Gasteiger partial charge is 0.504 e. The van der Waals surface area contributed by atoms with Gasteiger partial charge < -0.3 is 24.6 Å². The highest BCUT2D eigenvalue weighted by molar-refractivity contribution is 5.78. The second kappa shape index (κ2) is 11.6. The molecule has 0 saturated carbocycles. The topological polar surface area (TPSA) is 80.3 Å². The first-order valence-electron chi connectivity index (χ1n) is 11.2. The quantitative estimate of drug-likeness (QED) is 0.587. The molecule has 1 amide bonds. The van der Waals surface area contributed by atoms with E-state index in [1.54, 1.807) is 20.3 Å². The standard InChI is InChI=1S/C25H34N2O5/c1-4-32-23-16-19(5-7-21(23)28)17-27-13-10-20(11-14-27)25(29)26-12-9-18-6-8-22(30-2)24(15-18)31-3/h5-8,15-16,20,28H,4,9-14,17H2,1-3H3,(H,26,29). The van der Waals surface area contributed by atoms with Crippen molar-refractivity contribution in [3.05, 3.63) is 47.5 Å². The van der Waals surface area contributed by atoms with Crippen LogP contribution in [0.1, 0.15) is 30.9 Å². The molecular weight excluding hydrogens is 408 g/mol. The number of carbonyl (C=O) groups is 1. The summed E-state index contributed by atoms with van der Waals surface area (Å²) in [5, 5.41) is 13.0. The maximum absolute atomic E-state index is 12.6. The van der Waals surface area contributed by atoms with Gasteiger partial charge in [0.25, 0.3) is 0 Å². The number of nitrogens with zero attached hydrogens (tertiary/aromatic N) is 1. The first-order chi connectivity index (χ1) is 15.5. The molecule has 2 N–H and O–H groups in total. The number of hydrogen-bond donors (Lipinski definition) is 2. The molecule has 0 atom stereocenters. The van der Waals surface area contributed by atoms with Gasteiger partial charge in [0.2, 0.25) is 5.91 Å². The minimum absolute atomic E-state index is 0.0513. The Kier molecular flexibility index (Phi) is 8.62. The Labute approximate surface area is 190 Å². The molecule has 1 heterocycles. The number of phenols is 1. The molecule has 0 unspecified atom stereocenters. The Bertz CT molecular complexity index is 894. The van der Waals surface area contributed by atoms with Gasteiger partial charge in [-0.25, -0.2) is 0 Å². The zero-order valence-corrected chi connectivity index (χ0v) is 19.2. The number of hydrogen-bond acceptors (Lipinski definition) is 6. The third kappa shape index (κ3) is 6.29. The van der Waals surface area contributed by atoms with Crippen molar-refractivity contribution in [2.24, 2.45) is 5.92 Å². The Hall–Kier alpha value is -2.93. The van der Waals surface area contributed by atoms with Gasteiger partial charge >= 0.3 is 0 Å². The summed E-state index contributed by atoms with van der Waals surface area (Å²) < 4.78 is 16.1. The van der Waals surface area contributed by atoms with Gasteiger partial charge in [0, 0.05) is 19.0 Å². The van der Waals surface area contributed by atoms with Crippen LogP contribution in [0.2, 0.25) is 0 Å². The van der Waals surface area contributed by atoms with Crippen molar-refractivity contribution >= 4 is 5.91 Å². The van der Waals surface area contributed by atoms with E-state index in [0.717, 1.165) is 50.0 Å². The molecule has 1 fully saturated rings. The summed E-state index contributed by atoms with van der Waals surface area (Å²) in [5.41, 5.74) is 2.20. The Morgan fingerprint density at radius 2 is 1.72 bits per heavy atom. The summed E-state index contributed by atoms with van der Waals surface area (Å²) in [7, 11) is 3.24. The van der Waals surface area contributed by atoms with Gasteiger partial charge in [-0.15, -0.1) is 0 Å². The lowest BCUT2D eigenvalue weighted by molar-refractivity contribution is -0.126. The number of piperidine rings is 1. The van der Waals surface area contributed by atoms with Crippen LogP contribution in [-0.2, 0) is 17.8 Å². The van der Waals surface area contributed by atoms with Crippen molar-refractivity contribution in [1.29, 1.82) is 0 Å². The van der Waals surface area contributed by atoms with Gasteiger partial charge in [0.15, 0.2) is 23.0 Å². The second-order valence-corrected chi connectivity index (χ2v) is 8.02. The van der Waals surface area contributed by atoms with Crippen LogP contribution in [0, 0.1) is 5.92 Å². The molecule has 0 bridgehead atoms. The molecule has 174 valence electrons. The minimum Gasteiger partial charge on any atom is -0.504 e. The lowest BCUT2D eigenvalue weighted by Crippen LogP contribution is -2.40. The number of benzene rings is 2. The smallest absolute Gasteiger partial charge is 0.223 e.